The van der Waals surface area contributed by atoms with E-state index < -0.39 is 0 Å². The first kappa shape index (κ1) is 13.0. The molecule has 1 aromatic carbocycles. The second-order valence-corrected chi connectivity index (χ2v) is 5.45. The van der Waals surface area contributed by atoms with E-state index in [4.69, 9.17) is 21.9 Å². The predicted octanol–water partition coefficient (Wildman–Crippen LogP) is 4.26. The lowest BCUT2D eigenvalue weighted by atomic mass is 9.83. The summed E-state index contributed by atoms with van der Waals surface area (Å²) in [6.45, 7) is 6.35. The molecule has 2 rings (SSSR count). The average molecular weight is 265 g/mol. The fourth-order valence-corrected chi connectivity index (χ4v) is 1.95. The number of nitrogen functional groups attached to an aromatic ring is 1. The van der Waals surface area contributed by atoms with Crippen molar-refractivity contribution in [3.63, 3.8) is 0 Å². The van der Waals surface area contributed by atoms with Crippen LogP contribution in [0.4, 0.5) is 5.82 Å². The minimum Gasteiger partial charge on any atom is -0.380 e. The maximum absolute atomic E-state index is 5.92. The summed E-state index contributed by atoms with van der Waals surface area (Å²) in [5, 5.41) is 4.60. The molecule has 0 aliphatic heterocycles. The highest BCUT2D eigenvalue weighted by molar-refractivity contribution is 6.30. The Morgan fingerprint density at radius 3 is 2.44 bits per heavy atom. The maximum atomic E-state index is 5.92. The van der Waals surface area contributed by atoms with E-state index in [1.165, 1.54) is 0 Å². The predicted molar refractivity (Wildman–Crippen MR) is 74.7 cm³/mol. The number of rotatable bonds is 3. The van der Waals surface area contributed by atoms with Gasteiger partial charge < -0.3 is 10.3 Å². The summed E-state index contributed by atoms with van der Waals surface area (Å²) < 4.78 is 5.43. The van der Waals surface area contributed by atoms with Crippen molar-refractivity contribution < 1.29 is 4.52 Å². The number of hydrogen-bond donors (Lipinski definition) is 1. The Balaban J connectivity index is 2.57. The van der Waals surface area contributed by atoms with E-state index in [0.717, 1.165) is 23.3 Å². The van der Waals surface area contributed by atoms with Crippen LogP contribution in [-0.4, -0.2) is 5.16 Å². The molecule has 0 saturated carbocycles. The molecule has 0 amide bonds. The van der Waals surface area contributed by atoms with Crippen LogP contribution in [0.5, 0.6) is 0 Å². The molecule has 0 spiro atoms. The molecule has 0 unspecified atom stereocenters. The summed E-state index contributed by atoms with van der Waals surface area (Å²) in [7, 11) is 0. The lowest BCUT2D eigenvalue weighted by Crippen LogP contribution is -2.15. The molecule has 0 bridgehead atoms. The maximum Gasteiger partial charge on any atom is 0.175 e. The van der Waals surface area contributed by atoms with E-state index in [-0.39, 0.29) is 5.41 Å². The van der Waals surface area contributed by atoms with Gasteiger partial charge >= 0.3 is 0 Å². The van der Waals surface area contributed by atoms with Crippen LogP contribution in [0.25, 0.3) is 11.1 Å². The van der Waals surface area contributed by atoms with Gasteiger partial charge in [-0.3, -0.25) is 0 Å². The van der Waals surface area contributed by atoms with Crippen LogP contribution in [0.3, 0.4) is 0 Å². The molecule has 0 radical (unpaired) electrons. The fraction of sp³-hybridized carbons (Fsp3) is 0.357. The number of hydrogen-bond acceptors (Lipinski definition) is 3. The zero-order chi connectivity index (χ0) is 13.3. The Hall–Kier alpha value is -1.48. The van der Waals surface area contributed by atoms with E-state index in [2.05, 4.69) is 25.9 Å². The highest BCUT2D eigenvalue weighted by Gasteiger charge is 2.29. The van der Waals surface area contributed by atoms with Crippen LogP contribution in [-0.2, 0) is 5.41 Å². The molecule has 0 aliphatic carbocycles. The van der Waals surface area contributed by atoms with Crippen LogP contribution in [0.15, 0.2) is 28.8 Å². The molecule has 0 fully saturated rings. The zero-order valence-corrected chi connectivity index (χ0v) is 11.6. The van der Waals surface area contributed by atoms with Crippen molar-refractivity contribution in [2.75, 3.05) is 5.73 Å². The van der Waals surface area contributed by atoms with Gasteiger partial charge in [0.05, 0.1) is 5.56 Å². The number of aromatic nitrogens is 1. The summed E-state index contributed by atoms with van der Waals surface area (Å²) in [6, 6.07) is 7.54. The number of anilines is 1. The second-order valence-electron chi connectivity index (χ2n) is 5.02. The molecule has 3 nitrogen and oxygen atoms in total. The second kappa shape index (κ2) is 4.65. The van der Waals surface area contributed by atoms with Gasteiger partial charge in [0.1, 0.15) is 0 Å². The summed E-state index contributed by atoms with van der Waals surface area (Å²) >= 11 is 5.90. The summed E-state index contributed by atoms with van der Waals surface area (Å²) in [5.74, 6) is 1.25. The minimum atomic E-state index is -0.0976. The van der Waals surface area contributed by atoms with E-state index in [0.29, 0.717) is 10.8 Å². The topological polar surface area (TPSA) is 52.0 Å². The first-order valence-corrected chi connectivity index (χ1v) is 6.35. The van der Waals surface area contributed by atoms with Gasteiger partial charge in [-0.15, -0.1) is 0 Å². The van der Waals surface area contributed by atoms with Crippen LogP contribution in [0.2, 0.25) is 5.02 Å². The Morgan fingerprint density at radius 2 is 1.89 bits per heavy atom. The van der Waals surface area contributed by atoms with Gasteiger partial charge in [0, 0.05) is 10.4 Å². The molecule has 4 heteroatoms. The van der Waals surface area contributed by atoms with Gasteiger partial charge in [0.2, 0.25) is 0 Å². The van der Waals surface area contributed by atoms with E-state index >= 15 is 0 Å². The highest BCUT2D eigenvalue weighted by atomic mass is 35.5. The van der Waals surface area contributed by atoms with Crippen molar-refractivity contribution >= 4 is 17.4 Å². The van der Waals surface area contributed by atoms with Crippen LogP contribution in [0, 0.1) is 0 Å². The SMILES string of the molecule is CCC(C)(C)c1onc(N)c1-c1ccc(Cl)cc1. The van der Waals surface area contributed by atoms with Crippen molar-refractivity contribution in [2.45, 2.75) is 32.6 Å². The van der Waals surface area contributed by atoms with E-state index in [1.807, 2.05) is 24.3 Å². The molecular weight excluding hydrogens is 248 g/mol. The standard InChI is InChI=1S/C14H17ClN2O/c1-4-14(2,3)12-11(13(16)17-18-12)9-5-7-10(15)8-6-9/h5-8H,4H2,1-3H3,(H2,16,17). The molecule has 0 aliphatic rings. The third-order valence-electron chi connectivity index (χ3n) is 3.35. The normalized spacial score (nSPS) is 11.8. The lowest BCUT2D eigenvalue weighted by Gasteiger charge is -2.20. The Bertz CT molecular complexity index is 543. The number of halogens is 1. The van der Waals surface area contributed by atoms with Gasteiger partial charge in [0.15, 0.2) is 11.6 Å². The molecular formula is C14H17ClN2O. The smallest absolute Gasteiger partial charge is 0.175 e. The third-order valence-corrected chi connectivity index (χ3v) is 3.60. The third kappa shape index (κ3) is 2.23. The summed E-state index contributed by atoms with van der Waals surface area (Å²) in [5.41, 5.74) is 7.68. The van der Waals surface area contributed by atoms with Crippen LogP contribution < -0.4 is 5.73 Å². The fourth-order valence-electron chi connectivity index (χ4n) is 1.82. The van der Waals surface area contributed by atoms with E-state index in [1.54, 1.807) is 0 Å². The quantitative estimate of drug-likeness (QED) is 0.901. The van der Waals surface area contributed by atoms with Crippen LogP contribution in [0.1, 0.15) is 33.0 Å². The monoisotopic (exact) mass is 264 g/mol. The minimum absolute atomic E-state index is 0.0976. The van der Waals surface area contributed by atoms with Gasteiger partial charge in [-0.25, -0.2) is 0 Å². The summed E-state index contributed by atoms with van der Waals surface area (Å²) in [4.78, 5) is 0. The van der Waals surface area contributed by atoms with Crippen molar-refractivity contribution in [1.82, 2.24) is 5.16 Å². The van der Waals surface area contributed by atoms with Crippen molar-refractivity contribution in [1.29, 1.82) is 0 Å². The van der Waals surface area contributed by atoms with Crippen LogP contribution >= 0.6 is 11.6 Å². The molecule has 0 atom stereocenters. The molecule has 0 saturated heterocycles. The Kier molecular flexibility index (Phi) is 3.35. The molecule has 1 aromatic heterocycles. The molecule has 96 valence electrons. The highest BCUT2D eigenvalue weighted by Crippen LogP contribution is 2.38. The zero-order valence-electron chi connectivity index (χ0n) is 10.8. The van der Waals surface area contributed by atoms with Gasteiger partial charge in [-0.2, -0.15) is 0 Å². The first-order chi connectivity index (χ1) is 8.45. The van der Waals surface area contributed by atoms with Crippen molar-refractivity contribution in [3.05, 3.63) is 35.0 Å². The number of benzene rings is 1. The van der Waals surface area contributed by atoms with Crippen molar-refractivity contribution in [2.24, 2.45) is 0 Å². The Labute approximate surface area is 112 Å². The average Bonchev–Trinajstić information content (AvgIpc) is 2.73. The van der Waals surface area contributed by atoms with Gasteiger partial charge in [0.25, 0.3) is 0 Å². The van der Waals surface area contributed by atoms with Crippen molar-refractivity contribution in [3.8, 4) is 11.1 Å². The number of nitrogens with zero attached hydrogens (tertiary/aromatic N) is 1. The Morgan fingerprint density at radius 1 is 1.28 bits per heavy atom. The molecule has 2 aromatic rings. The summed E-state index contributed by atoms with van der Waals surface area (Å²) in [6.07, 6.45) is 0.947. The largest absolute Gasteiger partial charge is 0.380 e. The molecule has 1 heterocycles. The van der Waals surface area contributed by atoms with Gasteiger partial charge in [-0.05, 0) is 24.1 Å². The lowest BCUT2D eigenvalue weighted by molar-refractivity contribution is 0.313. The molecule has 2 N–H and O–H groups in total. The van der Waals surface area contributed by atoms with E-state index in [9.17, 15) is 0 Å². The van der Waals surface area contributed by atoms with Gasteiger partial charge in [-0.1, -0.05) is 49.7 Å². The molecule has 18 heavy (non-hydrogen) atoms. The number of nitrogens with two attached hydrogens (primary N) is 1. The first-order valence-electron chi connectivity index (χ1n) is 5.97.